The highest BCUT2D eigenvalue weighted by Gasteiger charge is 2.29. The lowest BCUT2D eigenvalue weighted by Gasteiger charge is -2.27. The number of nitrogens with one attached hydrogen (secondary N) is 1. The van der Waals surface area contributed by atoms with E-state index in [4.69, 9.17) is 4.74 Å². The van der Waals surface area contributed by atoms with Crippen LogP contribution in [0.5, 0.6) is 5.75 Å². The Kier molecular flexibility index (Phi) is 6.75. The van der Waals surface area contributed by atoms with Crippen molar-refractivity contribution >= 4 is 21.6 Å². The molecule has 1 aliphatic rings. The van der Waals surface area contributed by atoms with E-state index in [2.05, 4.69) is 10.4 Å². The van der Waals surface area contributed by atoms with E-state index in [0.717, 1.165) is 19.3 Å². The van der Waals surface area contributed by atoms with Gasteiger partial charge in [-0.05, 0) is 68.3 Å². The maximum absolute atomic E-state index is 13.3. The summed E-state index contributed by atoms with van der Waals surface area (Å²) in [7, 11) is -3.77. The van der Waals surface area contributed by atoms with Gasteiger partial charge in [-0.2, -0.15) is 9.40 Å². The predicted molar refractivity (Wildman–Crippen MR) is 122 cm³/mol. The topological polar surface area (TPSA) is 93.5 Å². The Hall–Kier alpha value is -3.24. The number of ether oxygens (including phenoxy) is 1. The first-order valence-corrected chi connectivity index (χ1v) is 12.2. The summed E-state index contributed by atoms with van der Waals surface area (Å²) < 4.78 is 48.2. The van der Waals surface area contributed by atoms with Crippen molar-refractivity contribution in [3.05, 3.63) is 66.2 Å². The molecular weight excluding hydrogens is 447 g/mol. The maximum Gasteiger partial charge on any atom is 0.276 e. The van der Waals surface area contributed by atoms with E-state index in [1.165, 1.54) is 33.3 Å². The van der Waals surface area contributed by atoms with E-state index in [-0.39, 0.29) is 22.2 Å². The van der Waals surface area contributed by atoms with Gasteiger partial charge in [0.2, 0.25) is 10.0 Å². The first kappa shape index (κ1) is 22.9. The minimum Gasteiger partial charge on any atom is -0.492 e. The molecule has 2 aromatic carbocycles. The summed E-state index contributed by atoms with van der Waals surface area (Å²) >= 11 is 0. The van der Waals surface area contributed by atoms with Crippen LogP contribution in [0.4, 0.5) is 10.1 Å². The van der Waals surface area contributed by atoms with E-state index in [9.17, 15) is 17.6 Å². The lowest BCUT2D eigenvalue weighted by atomic mass is 10.2. The second-order valence-electron chi connectivity index (χ2n) is 7.64. The summed E-state index contributed by atoms with van der Waals surface area (Å²) in [5.41, 5.74) is 1.05. The zero-order valence-corrected chi connectivity index (χ0v) is 19.0. The van der Waals surface area contributed by atoms with E-state index in [1.807, 2.05) is 0 Å². The van der Waals surface area contributed by atoms with Crippen molar-refractivity contribution in [1.29, 1.82) is 0 Å². The number of piperidine rings is 1. The number of aromatic nitrogens is 2. The number of sulfonamides is 1. The van der Waals surface area contributed by atoms with Crippen molar-refractivity contribution in [2.24, 2.45) is 0 Å². The van der Waals surface area contributed by atoms with Gasteiger partial charge in [0.25, 0.3) is 5.91 Å². The second-order valence-corrected chi connectivity index (χ2v) is 9.54. The minimum atomic E-state index is -3.77. The van der Waals surface area contributed by atoms with Gasteiger partial charge < -0.3 is 10.1 Å². The SMILES string of the molecule is CCOc1ccc(NC(=O)c2ccn(-c3ccc(F)cc3)n2)cc1S(=O)(=O)N1CCCCC1. The lowest BCUT2D eigenvalue weighted by Crippen LogP contribution is -2.35. The molecule has 0 aliphatic carbocycles. The van der Waals surface area contributed by atoms with Gasteiger partial charge >= 0.3 is 0 Å². The molecule has 0 unspecified atom stereocenters. The first-order valence-electron chi connectivity index (χ1n) is 10.8. The number of carbonyl (C=O) groups is 1. The molecule has 10 heteroatoms. The monoisotopic (exact) mass is 472 g/mol. The molecule has 174 valence electrons. The summed E-state index contributed by atoms with van der Waals surface area (Å²) in [4.78, 5) is 12.8. The molecule has 1 aliphatic heterocycles. The molecule has 0 radical (unpaired) electrons. The number of hydrogen-bond acceptors (Lipinski definition) is 5. The summed E-state index contributed by atoms with van der Waals surface area (Å²) in [6.07, 6.45) is 4.23. The maximum atomic E-state index is 13.3. The molecule has 8 nitrogen and oxygen atoms in total. The molecule has 4 rings (SSSR count). The van der Waals surface area contributed by atoms with Gasteiger partial charge in [-0.1, -0.05) is 6.42 Å². The molecule has 1 aromatic heterocycles. The van der Waals surface area contributed by atoms with Crippen molar-refractivity contribution in [1.82, 2.24) is 14.1 Å². The Labute approximate surface area is 192 Å². The van der Waals surface area contributed by atoms with Gasteiger partial charge in [0.15, 0.2) is 5.69 Å². The average Bonchev–Trinajstić information content (AvgIpc) is 3.32. The van der Waals surface area contributed by atoms with Gasteiger partial charge in [0.05, 0.1) is 12.3 Å². The summed E-state index contributed by atoms with van der Waals surface area (Å²) in [5.74, 6) is -0.613. The average molecular weight is 473 g/mol. The predicted octanol–water partition coefficient (Wildman–Crippen LogP) is 3.84. The fourth-order valence-electron chi connectivity index (χ4n) is 3.68. The van der Waals surface area contributed by atoms with Gasteiger partial charge in [0, 0.05) is 25.0 Å². The van der Waals surface area contributed by atoms with Gasteiger partial charge in [0.1, 0.15) is 16.5 Å². The van der Waals surface area contributed by atoms with E-state index in [1.54, 1.807) is 37.4 Å². The van der Waals surface area contributed by atoms with Crippen LogP contribution in [0, 0.1) is 5.82 Å². The molecule has 0 bridgehead atoms. The molecule has 2 heterocycles. The molecule has 3 aromatic rings. The summed E-state index contributed by atoms with van der Waals surface area (Å²) in [6, 6.07) is 11.8. The third kappa shape index (κ3) is 5.07. The number of rotatable bonds is 7. The van der Waals surface area contributed by atoms with Crippen LogP contribution in [0.25, 0.3) is 5.69 Å². The summed E-state index contributed by atoms with van der Waals surface area (Å²) in [6.45, 7) is 3.02. The fraction of sp³-hybridized carbons (Fsp3) is 0.304. The Morgan fingerprint density at radius 3 is 2.52 bits per heavy atom. The van der Waals surface area contributed by atoms with E-state index >= 15 is 0 Å². The normalized spacial score (nSPS) is 14.7. The Balaban J connectivity index is 1.57. The van der Waals surface area contributed by atoms with E-state index < -0.39 is 15.9 Å². The number of hydrogen-bond donors (Lipinski definition) is 1. The fourth-order valence-corrected chi connectivity index (χ4v) is 5.36. The van der Waals surface area contributed by atoms with Crippen molar-refractivity contribution in [2.45, 2.75) is 31.1 Å². The highest BCUT2D eigenvalue weighted by atomic mass is 32.2. The molecule has 0 atom stereocenters. The molecule has 33 heavy (non-hydrogen) atoms. The van der Waals surface area contributed by atoms with Crippen LogP contribution in [-0.4, -0.2) is 48.1 Å². The third-order valence-electron chi connectivity index (χ3n) is 5.35. The van der Waals surface area contributed by atoms with Crippen LogP contribution in [0.15, 0.2) is 59.6 Å². The van der Waals surface area contributed by atoms with E-state index in [0.29, 0.717) is 31.1 Å². The van der Waals surface area contributed by atoms with Crippen molar-refractivity contribution < 1.29 is 22.3 Å². The zero-order valence-electron chi connectivity index (χ0n) is 18.2. The van der Waals surface area contributed by atoms with Crippen molar-refractivity contribution in [3.8, 4) is 11.4 Å². The molecule has 1 amide bonds. The molecule has 0 spiro atoms. The highest BCUT2D eigenvalue weighted by Crippen LogP contribution is 2.31. The molecule has 1 N–H and O–H groups in total. The number of nitrogens with zero attached hydrogens (tertiary/aromatic N) is 3. The smallest absolute Gasteiger partial charge is 0.276 e. The molecule has 0 saturated carbocycles. The molecular formula is C23H25FN4O4S. The number of carbonyl (C=O) groups excluding carboxylic acids is 1. The largest absolute Gasteiger partial charge is 0.492 e. The van der Waals surface area contributed by atoms with Gasteiger partial charge in [-0.3, -0.25) is 4.79 Å². The van der Waals surface area contributed by atoms with Crippen LogP contribution in [-0.2, 0) is 10.0 Å². The van der Waals surface area contributed by atoms with Crippen LogP contribution in [0.1, 0.15) is 36.7 Å². The van der Waals surface area contributed by atoms with Crippen LogP contribution >= 0.6 is 0 Å². The third-order valence-corrected chi connectivity index (χ3v) is 7.27. The Morgan fingerprint density at radius 2 is 1.82 bits per heavy atom. The Morgan fingerprint density at radius 1 is 1.09 bits per heavy atom. The number of amides is 1. The first-order chi connectivity index (χ1) is 15.9. The lowest BCUT2D eigenvalue weighted by molar-refractivity contribution is 0.102. The Bertz CT molecular complexity index is 1240. The summed E-state index contributed by atoms with van der Waals surface area (Å²) in [5, 5.41) is 6.93. The molecule has 1 fully saturated rings. The quantitative estimate of drug-likeness (QED) is 0.564. The van der Waals surface area contributed by atoms with Crippen LogP contribution in [0.3, 0.4) is 0 Å². The van der Waals surface area contributed by atoms with Crippen molar-refractivity contribution in [2.75, 3.05) is 25.0 Å². The number of anilines is 1. The zero-order chi connectivity index (χ0) is 23.4. The number of benzene rings is 2. The standard InChI is InChI=1S/C23H25FN4O4S/c1-2-32-21-11-8-18(16-22(21)33(30,31)27-13-4-3-5-14-27)25-23(29)20-12-15-28(26-20)19-9-6-17(24)7-10-19/h6-12,15-16H,2-5,13-14H2,1H3,(H,25,29). The minimum absolute atomic E-state index is 0.0286. The van der Waals surface area contributed by atoms with Gasteiger partial charge in [-0.15, -0.1) is 0 Å². The van der Waals surface area contributed by atoms with Gasteiger partial charge in [-0.25, -0.2) is 17.5 Å². The van der Waals surface area contributed by atoms with Crippen molar-refractivity contribution in [3.63, 3.8) is 0 Å². The highest BCUT2D eigenvalue weighted by molar-refractivity contribution is 7.89. The second kappa shape index (κ2) is 9.72. The van der Waals surface area contributed by atoms with Crippen LogP contribution in [0.2, 0.25) is 0 Å². The molecule has 1 saturated heterocycles. The number of halogens is 1. The van der Waals surface area contributed by atoms with Crippen LogP contribution < -0.4 is 10.1 Å².